The van der Waals surface area contributed by atoms with E-state index in [4.69, 9.17) is 0 Å². The number of hydrogen-bond acceptors (Lipinski definition) is 5. The molecule has 1 unspecified atom stereocenters. The van der Waals surface area contributed by atoms with Crippen LogP contribution in [0, 0.1) is 0 Å². The van der Waals surface area contributed by atoms with E-state index >= 15 is 0 Å². The molecule has 0 aliphatic heterocycles. The topological polar surface area (TPSA) is 50.2 Å². The van der Waals surface area contributed by atoms with Gasteiger partial charge in [0.2, 0.25) is 0 Å². The van der Waals surface area contributed by atoms with Gasteiger partial charge in [-0.3, -0.25) is 4.79 Å². The van der Waals surface area contributed by atoms with E-state index in [1.807, 2.05) is 30.4 Å². The Morgan fingerprint density at radius 3 is 2.90 bits per heavy atom. The average Bonchev–Trinajstić information content (AvgIpc) is 2.97. The molecular weight excluding hydrogens is 352 g/mol. The molecule has 0 aromatic carbocycles. The first-order chi connectivity index (χ1) is 9.99. The average molecular weight is 371 g/mol. The summed E-state index contributed by atoms with van der Waals surface area (Å²) in [6.45, 7) is 3.42. The third-order valence-electron chi connectivity index (χ3n) is 3.09. The Hall–Kier alpha value is -1.18. The summed E-state index contributed by atoms with van der Waals surface area (Å²) in [7, 11) is 3.94. The molecule has 0 bridgehead atoms. The van der Waals surface area contributed by atoms with E-state index < -0.39 is 0 Å². The monoisotopic (exact) mass is 370 g/mol. The summed E-state index contributed by atoms with van der Waals surface area (Å²) in [5.41, 5.74) is 0.613. The fourth-order valence-corrected chi connectivity index (χ4v) is 3.02. The Labute approximate surface area is 136 Å². The van der Waals surface area contributed by atoms with Gasteiger partial charge in [0.15, 0.2) is 0 Å². The van der Waals surface area contributed by atoms with Crippen LogP contribution in [0.2, 0.25) is 0 Å². The second-order valence-electron chi connectivity index (χ2n) is 5.09. The van der Waals surface area contributed by atoms with Crippen LogP contribution in [0.4, 0.5) is 5.69 Å². The molecular formula is C14H19BrN4OS. The zero-order chi connectivity index (χ0) is 15.4. The van der Waals surface area contributed by atoms with E-state index in [0.717, 1.165) is 12.2 Å². The van der Waals surface area contributed by atoms with Gasteiger partial charge in [0.1, 0.15) is 4.47 Å². The van der Waals surface area contributed by atoms with Crippen molar-refractivity contribution in [3.05, 3.63) is 43.4 Å². The molecule has 0 aliphatic rings. The lowest BCUT2D eigenvalue weighted by Gasteiger charge is -2.16. The Morgan fingerprint density at radius 1 is 1.52 bits per heavy atom. The molecule has 0 spiro atoms. The van der Waals surface area contributed by atoms with Crippen molar-refractivity contribution in [2.24, 2.45) is 0 Å². The number of nitrogens with zero attached hydrogens (tertiary/aromatic N) is 3. The van der Waals surface area contributed by atoms with Crippen LogP contribution in [0.3, 0.4) is 0 Å². The van der Waals surface area contributed by atoms with Gasteiger partial charge in [-0.25, -0.2) is 4.68 Å². The van der Waals surface area contributed by atoms with Crippen molar-refractivity contribution in [1.29, 1.82) is 0 Å². The molecule has 21 heavy (non-hydrogen) atoms. The first-order valence-electron chi connectivity index (χ1n) is 6.69. The molecule has 5 nitrogen and oxygen atoms in total. The summed E-state index contributed by atoms with van der Waals surface area (Å²) in [5, 5.41) is 9.60. The summed E-state index contributed by atoms with van der Waals surface area (Å²) >= 11 is 5.07. The molecule has 0 amide bonds. The zero-order valence-electron chi connectivity index (χ0n) is 12.3. The van der Waals surface area contributed by atoms with Gasteiger partial charge in [-0.05, 0) is 48.4 Å². The minimum absolute atomic E-state index is 0.111. The minimum atomic E-state index is -0.111. The normalized spacial score (nSPS) is 12.6. The predicted molar refractivity (Wildman–Crippen MR) is 91.1 cm³/mol. The maximum Gasteiger partial charge on any atom is 0.283 e. The van der Waals surface area contributed by atoms with Gasteiger partial charge in [-0.1, -0.05) is 6.07 Å². The van der Waals surface area contributed by atoms with Crippen LogP contribution < -0.4 is 10.9 Å². The predicted octanol–water partition coefficient (Wildman–Crippen LogP) is 2.80. The Bertz CT molecular complexity index is 639. The SMILES string of the molecule is CC(Nc1cnn(CCN(C)C)c(=O)c1Br)c1cccs1. The first kappa shape index (κ1) is 16.2. The highest BCUT2D eigenvalue weighted by Crippen LogP contribution is 2.25. The van der Waals surface area contributed by atoms with Crippen molar-refractivity contribution in [1.82, 2.24) is 14.7 Å². The van der Waals surface area contributed by atoms with E-state index in [9.17, 15) is 4.79 Å². The maximum absolute atomic E-state index is 12.3. The first-order valence-corrected chi connectivity index (χ1v) is 8.36. The second kappa shape index (κ2) is 7.20. The van der Waals surface area contributed by atoms with Crippen LogP contribution in [0.15, 0.2) is 33.0 Å². The van der Waals surface area contributed by atoms with Crippen LogP contribution in [-0.4, -0.2) is 35.3 Å². The zero-order valence-corrected chi connectivity index (χ0v) is 14.7. The standard InChI is InChI=1S/C14H19BrN4OS/c1-10(12-5-4-8-21-12)17-11-9-16-19(7-6-18(2)3)14(20)13(11)15/h4-5,8-10,17H,6-7H2,1-3H3. The molecule has 0 fully saturated rings. The molecule has 2 aromatic heterocycles. The van der Waals surface area contributed by atoms with E-state index in [0.29, 0.717) is 11.0 Å². The quantitative estimate of drug-likeness (QED) is 0.849. The lowest BCUT2D eigenvalue weighted by atomic mass is 10.2. The summed E-state index contributed by atoms with van der Waals surface area (Å²) in [6.07, 6.45) is 1.70. The summed E-state index contributed by atoms with van der Waals surface area (Å²) in [4.78, 5) is 15.5. The van der Waals surface area contributed by atoms with Gasteiger partial charge in [0.05, 0.1) is 24.5 Å². The van der Waals surface area contributed by atoms with Crippen LogP contribution in [0.5, 0.6) is 0 Å². The van der Waals surface area contributed by atoms with Crippen molar-refractivity contribution in [2.45, 2.75) is 19.5 Å². The molecule has 2 heterocycles. The van der Waals surface area contributed by atoms with E-state index in [1.165, 1.54) is 9.56 Å². The van der Waals surface area contributed by atoms with Gasteiger partial charge in [-0.15, -0.1) is 11.3 Å². The number of likely N-dealkylation sites (N-methyl/N-ethyl adjacent to an activating group) is 1. The van der Waals surface area contributed by atoms with Crippen molar-refractivity contribution in [3.8, 4) is 0 Å². The fourth-order valence-electron chi connectivity index (χ4n) is 1.86. The van der Waals surface area contributed by atoms with Crippen molar-refractivity contribution in [2.75, 3.05) is 26.0 Å². The van der Waals surface area contributed by atoms with E-state index in [1.54, 1.807) is 17.5 Å². The number of nitrogens with one attached hydrogen (secondary N) is 1. The number of thiophene rings is 1. The third-order valence-corrected chi connectivity index (χ3v) is 4.91. The number of rotatable bonds is 6. The largest absolute Gasteiger partial charge is 0.375 e. The molecule has 0 radical (unpaired) electrons. The van der Waals surface area contributed by atoms with Gasteiger partial charge in [0, 0.05) is 11.4 Å². The number of anilines is 1. The van der Waals surface area contributed by atoms with Gasteiger partial charge in [0.25, 0.3) is 5.56 Å². The summed E-state index contributed by atoms with van der Waals surface area (Å²) in [6, 6.07) is 4.23. The Balaban J connectivity index is 2.15. The highest BCUT2D eigenvalue weighted by molar-refractivity contribution is 9.10. The van der Waals surface area contributed by atoms with Gasteiger partial charge < -0.3 is 10.2 Å². The van der Waals surface area contributed by atoms with Crippen LogP contribution in [0.1, 0.15) is 17.8 Å². The lowest BCUT2D eigenvalue weighted by Crippen LogP contribution is -2.29. The number of hydrogen-bond donors (Lipinski definition) is 1. The van der Waals surface area contributed by atoms with Crippen molar-refractivity contribution >= 4 is 33.0 Å². The molecule has 114 valence electrons. The van der Waals surface area contributed by atoms with E-state index in [2.05, 4.69) is 39.3 Å². The van der Waals surface area contributed by atoms with Gasteiger partial charge in [-0.2, -0.15) is 5.10 Å². The molecule has 1 N–H and O–H groups in total. The van der Waals surface area contributed by atoms with Gasteiger partial charge >= 0.3 is 0 Å². The third kappa shape index (κ3) is 4.15. The molecule has 0 aliphatic carbocycles. The van der Waals surface area contributed by atoms with Crippen LogP contribution in [-0.2, 0) is 6.54 Å². The second-order valence-corrected chi connectivity index (χ2v) is 6.86. The Kier molecular flexibility index (Phi) is 5.55. The van der Waals surface area contributed by atoms with E-state index in [-0.39, 0.29) is 11.6 Å². The number of halogens is 1. The highest BCUT2D eigenvalue weighted by Gasteiger charge is 2.12. The molecule has 7 heteroatoms. The fraction of sp³-hybridized carbons (Fsp3) is 0.429. The molecule has 0 saturated carbocycles. The van der Waals surface area contributed by atoms with Crippen LogP contribution in [0.25, 0.3) is 0 Å². The van der Waals surface area contributed by atoms with Crippen molar-refractivity contribution in [3.63, 3.8) is 0 Å². The molecule has 2 aromatic rings. The highest BCUT2D eigenvalue weighted by atomic mass is 79.9. The summed E-state index contributed by atoms with van der Waals surface area (Å²) < 4.78 is 2.00. The maximum atomic E-state index is 12.3. The minimum Gasteiger partial charge on any atom is -0.375 e. The van der Waals surface area contributed by atoms with Crippen molar-refractivity contribution < 1.29 is 0 Å². The number of aromatic nitrogens is 2. The van der Waals surface area contributed by atoms with Crippen LogP contribution >= 0.6 is 27.3 Å². The Morgan fingerprint density at radius 2 is 2.29 bits per heavy atom. The lowest BCUT2D eigenvalue weighted by molar-refractivity contribution is 0.367. The molecule has 0 saturated heterocycles. The molecule has 2 rings (SSSR count). The smallest absolute Gasteiger partial charge is 0.283 e. The molecule has 1 atom stereocenters. The summed E-state index contributed by atoms with van der Waals surface area (Å²) in [5.74, 6) is 0.